The van der Waals surface area contributed by atoms with Crippen LogP contribution in [0.25, 0.3) is 10.0 Å². The average Bonchev–Trinajstić information content (AvgIpc) is 2.54. The van der Waals surface area contributed by atoms with Crippen LogP contribution in [0.4, 0.5) is 0 Å². The van der Waals surface area contributed by atoms with Crippen LogP contribution in [0.15, 0.2) is 65.7 Å². The predicted molar refractivity (Wildman–Crippen MR) is 119 cm³/mol. The molecule has 27 heavy (non-hydrogen) atoms. The van der Waals surface area contributed by atoms with Gasteiger partial charge in [-0.25, -0.2) is 0 Å². The van der Waals surface area contributed by atoms with E-state index in [1.807, 2.05) is 37.3 Å². The third-order valence-corrected chi connectivity index (χ3v) is 3.41. The number of rotatable bonds is 2. The SMILES string of the molecule is Cc1ccc(S(=O)[O-])cc1.N#[N+]/C=C(\Cl)c1ccccc1.[Cl][Sb]([Cl])([Cl])([Cl])[Cl]. The summed E-state index contributed by atoms with van der Waals surface area (Å²) in [5.74, 6) is 0. The minimum atomic E-state index is -4.33. The molecule has 0 saturated carbocycles. The Balaban J connectivity index is 0.000000394. The van der Waals surface area contributed by atoms with E-state index in [0.717, 1.165) is 11.1 Å². The molecule has 0 N–H and O–H groups in total. The molecule has 12 heteroatoms. The van der Waals surface area contributed by atoms with E-state index >= 15 is 0 Å². The molecular formula is C15H13Cl6N2O2SSb. The maximum absolute atomic E-state index is 10.3. The van der Waals surface area contributed by atoms with Gasteiger partial charge in [0.2, 0.25) is 5.39 Å². The maximum atomic E-state index is 10.3. The molecule has 2 aromatic carbocycles. The van der Waals surface area contributed by atoms with Crippen molar-refractivity contribution in [1.29, 1.82) is 5.39 Å². The second kappa shape index (κ2) is 12.8. The van der Waals surface area contributed by atoms with Crippen LogP contribution in [0.2, 0.25) is 0 Å². The molecule has 2 rings (SSSR count). The van der Waals surface area contributed by atoms with Crippen molar-refractivity contribution < 1.29 is 8.76 Å². The van der Waals surface area contributed by atoms with Crippen LogP contribution in [-0.4, -0.2) is 20.4 Å². The molecule has 148 valence electrons. The van der Waals surface area contributed by atoms with E-state index in [9.17, 15) is 8.76 Å². The van der Waals surface area contributed by atoms with E-state index in [-0.39, 0.29) is 0 Å². The van der Waals surface area contributed by atoms with Crippen molar-refractivity contribution in [3.63, 3.8) is 0 Å². The van der Waals surface area contributed by atoms with Gasteiger partial charge in [-0.15, -0.1) is 0 Å². The number of diazo groups is 1. The molecule has 4 nitrogen and oxygen atoms in total. The third kappa shape index (κ3) is 18.1. The first kappa shape index (κ1) is 27.3. The monoisotopic (exact) mass is 616 g/mol. The minimum absolute atomic E-state index is 0.339. The number of hydrogen-bond acceptors (Lipinski definition) is 3. The molecule has 0 radical (unpaired) electrons. The van der Waals surface area contributed by atoms with E-state index in [1.165, 1.54) is 6.20 Å². The van der Waals surface area contributed by atoms with Gasteiger partial charge in [-0.1, -0.05) is 59.6 Å². The van der Waals surface area contributed by atoms with E-state index < -0.39 is 22.8 Å². The standard InChI is InChI=1S/C8H6ClN2.C7H8O2S.5ClH.Sb/c9-8(6-11-10)7-4-2-1-3-5-7;1-6-2-4-7(5-3-6)10(8)9;;;;;;/h1-6H;2-5H,1H3,(H,8,9);5*1H;/q+1;;;;;;;+5/p-6/b8-6-;;;;;;;. The van der Waals surface area contributed by atoms with Gasteiger partial charge in [0.05, 0.1) is 0 Å². The molecule has 0 heterocycles. The Morgan fingerprint density at radius 3 is 1.85 bits per heavy atom. The van der Waals surface area contributed by atoms with Gasteiger partial charge in [0.1, 0.15) is 5.03 Å². The number of aryl methyl sites for hydroxylation is 1. The van der Waals surface area contributed by atoms with Gasteiger partial charge in [0.25, 0.3) is 0 Å². The third-order valence-electron chi connectivity index (χ3n) is 2.43. The molecular weight excluding hydrogens is 607 g/mol. The topological polar surface area (TPSA) is 68.3 Å². The molecule has 0 spiro atoms. The van der Waals surface area contributed by atoms with Crippen molar-refractivity contribution >= 4 is 83.5 Å². The average molecular weight is 620 g/mol. The molecule has 0 saturated heterocycles. The number of hydrogen-bond donors (Lipinski definition) is 0. The van der Waals surface area contributed by atoms with Crippen LogP contribution >= 0.6 is 55.7 Å². The van der Waals surface area contributed by atoms with Gasteiger partial charge in [-0.3, -0.25) is 4.21 Å². The fourth-order valence-electron chi connectivity index (χ4n) is 1.37. The molecule has 2 aromatic rings. The fraction of sp³-hybridized carbons (Fsp3) is 0.0667. The molecule has 0 fully saturated rings. The first-order valence-corrected chi connectivity index (χ1v) is 24.4. The Morgan fingerprint density at radius 2 is 1.48 bits per heavy atom. The summed E-state index contributed by atoms with van der Waals surface area (Å²) in [5, 5.41) is 8.59. The molecule has 1 unspecified atom stereocenters. The predicted octanol–water partition coefficient (Wildman–Crippen LogP) is 7.38. The molecule has 1 atom stereocenters. The molecule has 0 amide bonds. The number of halogens is 6. The van der Waals surface area contributed by atoms with Crippen molar-refractivity contribution in [3.8, 4) is 0 Å². The van der Waals surface area contributed by atoms with Gasteiger partial charge in [-0.2, -0.15) is 0 Å². The number of nitrogens with zero attached hydrogens (tertiary/aromatic N) is 2. The molecule has 0 aromatic heterocycles. The van der Waals surface area contributed by atoms with E-state index in [1.54, 1.807) is 24.3 Å². The van der Waals surface area contributed by atoms with E-state index in [0.29, 0.717) is 9.93 Å². The Morgan fingerprint density at radius 1 is 1.04 bits per heavy atom. The van der Waals surface area contributed by atoms with Gasteiger partial charge in [0.15, 0.2) is 4.98 Å². The van der Waals surface area contributed by atoms with Crippen molar-refractivity contribution in [1.82, 2.24) is 0 Å². The second-order valence-electron chi connectivity index (χ2n) is 4.65. The Kier molecular flexibility index (Phi) is 12.9. The molecule has 0 aliphatic carbocycles. The zero-order valence-electron chi connectivity index (χ0n) is 13.6. The molecule has 0 aliphatic heterocycles. The van der Waals surface area contributed by atoms with Crippen LogP contribution < -0.4 is 0 Å². The summed E-state index contributed by atoms with van der Waals surface area (Å²) in [7, 11) is 25.2. The Labute approximate surface area is 184 Å². The van der Waals surface area contributed by atoms with Crippen LogP contribution in [0.3, 0.4) is 0 Å². The van der Waals surface area contributed by atoms with Crippen molar-refractivity contribution in [2.45, 2.75) is 11.8 Å². The first-order chi connectivity index (χ1) is 12.3. The summed E-state index contributed by atoms with van der Waals surface area (Å²) >= 11 is -0.702. The van der Waals surface area contributed by atoms with Gasteiger partial charge >= 0.3 is 62.0 Å². The summed E-state index contributed by atoms with van der Waals surface area (Å²) in [6, 6.07) is 16.0. The van der Waals surface area contributed by atoms with Crippen molar-refractivity contribution in [2.24, 2.45) is 0 Å². The second-order valence-corrected chi connectivity index (χ2v) is 43.9. The fourth-order valence-corrected chi connectivity index (χ4v) is 1.90. The Hall–Kier alpha value is 0.268. The zero-order valence-corrected chi connectivity index (χ0v) is 21.5. The van der Waals surface area contributed by atoms with Crippen LogP contribution in [0.1, 0.15) is 11.1 Å². The molecule has 0 bridgehead atoms. The summed E-state index contributed by atoms with van der Waals surface area (Å²) in [6.45, 7) is 1.91. The van der Waals surface area contributed by atoms with Crippen LogP contribution in [0.5, 0.6) is 0 Å². The zero-order chi connectivity index (χ0) is 21.1. The summed E-state index contributed by atoms with van der Waals surface area (Å²) < 4.78 is 20.6. The van der Waals surface area contributed by atoms with Gasteiger partial charge < -0.3 is 4.55 Å². The quantitative estimate of drug-likeness (QED) is 0.200. The van der Waals surface area contributed by atoms with Crippen molar-refractivity contribution in [2.75, 3.05) is 0 Å². The van der Waals surface area contributed by atoms with E-state index in [2.05, 4.69) is 4.98 Å². The number of benzene rings is 2. The summed E-state index contributed by atoms with van der Waals surface area (Å²) in [5.41, 5.74) is 1.90. The summed E-state index contributed by atoms with van der Waals surface area (Å²) in [4.78, 5) is 3.16. The van der Waals surface area contributed by atoms with Crippen molar-refractivity contribution in [3.05, 3.63) is 76.9 Å². The first-order valence-electron chi connectivity index (χ1n) is 6.80. The van der Waals surface area contributed by atoms with Gasteiger partial charge in [-0.05, 0) is 30.1 Å². The van der Waals surface area contributed by atoms with E-state index in [4.69, 9.17) is 61.1 Å². The normalized spacial score (nSPS) is 13.4. The molecule has 0 aliphatic rings. The Bertz CT molecular complexity index is 801. The van der Waals surface area contributed by atoms with Gasteiger partial charge in [0, 0.05) is 10.5 Å². The summed E-state index contributed by atoms with van der Waals surface area (Å²) in [6.07, 6.45) is 1.19. The van der Waals surface area contributed by atoms with Crippen LogP contribution in [0, 0.1) is 12.3 Å². The van der Waals surface area contributed by atoms with Crippen LogP contribution in [-0.2, 0) is 11.1 Å².